The molecule has 0 radical (unpaired) electrons. The average molecular weight is 294 g/mol. The minimum atomic E-state index is -0.0644. The summed E-state index contributed by atoms with van der Waals surface area (Å²) < 4.78 is 7.52. The number of nitrogens with zero attached hydrogens (tertiary/aromatic N) is 3. The Morgan fingerprint density at radius 1 is 1.57 bits per heavy atom. The summed E-state index contributed by atoms with van der Waals surface area (Å²) >= 11 is 0. The molecule has 0 aliphatic carbocycles. The summed E-state index contributed by atoms with van der Waals surface area (Å²) in [5.74, 6) is 0. The maximum Gasteiger partial charge on any atom is 0.322 e. The van der Waals surface area contributed by atoms with E-state index in [1.165, 1.54) is 0 Å². The molecule has 0 bridgehead atoms. The van der Waals surface area contributed by atoms with Crippen LogP contribution in [0.3, 0.4) is 0 Å². The molecular weight excluding hydrogens is 268 g/mol. The average Bonchev–Trinajstić information content (AvgIpc) is 2.67. The number of urea groups is 1. The van der Waals surface area contributed by atoms with Gasteiger partial charge in [-0.15, -0.1) is 0 Å². The normalized spacial score (nSPS) is 19.4. The van der Waals surface area contributed by atoms with Crippen molar-refractivity contribution in [3.63, 3.8) is 0 Å². The van der Waals surface area contributed by atoms with Gasteiger partial charge < -0.3 is 15.0 Å². The van der Waals surface area contributed by atoms with Crippen LogP contribution in [0.5, 0.6) is 0 Å². The van der Waals surface area contributed by atoms with Gasteiger partial charge in [0, 0.05) is 26.2 Å². The molecule has 0 spiro atoms. The Bertz CT molecular complexity index is 472. The monoisotopic (exact) mass is 294 g/mol. The van der Waals surface area contributed by atoms with Crippen molar-refractivity contribution in [2.45, 2.75) is 52.7 Å². The van der Waals surface area contributed by atoms with Gasteiger partial charge in [0.1, 0.15) is 0 Å². The molecule has 21 heavy (non-hydrogen) atoms. The number of nitrogens with one attached hydrogen (secondary N) is 1. The number of rotatable bonds is 4. The van der Waals surface area contributed by atoms with Crippen molar-refractivity contribution < 1.29 is 9.53 Å². The minimum absolute atomic E-state index is 0.0644. The van der Waals surface area contributed by atoms with Gasteiger partial charge in [-0.2, -0.15) is 5.10 Å². The smallest absolute Gasteiger partial charge is 0.322 e. The lowest BCUT2D eigenvalue weighted by Crippen LogP contribution is -2.39. The highest BCUT2D eigenvalue weighted by Gasteiger charge is 2.20. The second-order valence-corrected chi connectivity index (χ2v) is 5.63. The third-order valence-electron chi connectivity index (χ3n) is 3.81. The SMILES string of the molecule is CCCCn1ncc(NC(=O)N2CCCOC(C)C2)c1C. The number of hydrogen-bond donors (Lipinski definition) is 1. The van der Waals surface area contributed by atoms with Crippen LogP contribution in [0.2, 0.25) is 0 Å². The standard InChI is InChI=1S/C15H26N4O2/c1-4-5-8-19-13(3)14(10-16-19)17-15(20)18-7-6-9-21-12(2)11-18/h10,12H,4-9,11H2,1-3H3,(H,17,20). The van der Waals surface area contributed by atoms with Crippen molar-refractivity contribution in [1.82, 2.24) is 14.7 Å². The highest BCUT2D eigenvalue weighted by atomic mass is 16.5. The number of unbranched alkanes of at least 4 members (excludes halogenated alkanes) is 1. The molecule has 6 heteroatoms. The topological polar surface area (TPSA) is 59.4 Å². The van der Waals surface area contributed by atoms with Crippen molar-refractivity contribution in [3.8, 4) is 0 Å². The number of aryl methyl sites for hydroxylation is 1. The maximum absolute atomic E-state index is 12.4. The molecule has 1 fully saturated rings. The molecular formula is C15H26N4O2. The van der Waals surface area contributed by atoms with Crippen LogP contribution in [0.25, 0.3) is 0 Å². The summed E-state index contributed by atoms with van der Waals surface area (Å²) in [6, 6.07) is -0.0644. The van der Waals surface area contributed by atoms with Gasteiger partial charge in [0.15, 0.2) is 0 Å². The molecule has 1 N–H and O–H groups in total. The van der Waals surface area contributed by atoms with Crippen LogP contribution >= 0.6 is 0 Å². The van der Waals surface area contributed by atoms with E-state index >= 15 is 0 Å². The van der Waals surface area contributed by atoms with Crippen molar-refractivity contribution in [2.24, 2.45) is 0 Å². The Morgan fingerprint density at radius 2 is 2.38 bits per heavy atom. The first-order valence-electron chi connectivity index (χ1n) is 7.81. The molecule has 2 heterocycles. The third kappa shape index (κ3) is 4.20. The molecule has 1 aliphatic rings. The van der Waals surface area contributed by atoms with Crippen LogP contribution in [0.1, 0.15) is 38.8 Å². The number of aromatic nitrogens is 2. The van der Waals surface area contributed by atoms with Gasteiger partial charge in [0.2, 0.25) is 0 Å². The summed E-state index contributed by atoms with van der Waals surface area (Å²) in [6.07, 6.45) is 4.93. The second kappa shape index (κ2) is 7.45. The predicted molar refractivity (Wildman–Crippen MR) is 82.5 cm³/mol. The first-order valence-corrected chi connectivity index (χ1v) is 7.81. The van der Waals surface area contributed by atoms with Crippen LogP contribution < -0.4 is 5.32 Å². The van der Waals surface area contributed by atoms with Crippen molar-refractivity contribution >= 4 is 11.7 Å². The molecule has 6 nitrogen and oxygen atoms in total. The fourth-order valence-electron chi connectivity index (χ4n) is 2.48. The number of amides is 2. The quantitative estimate of drug-likeness (QED) is 0.928. The molecule has 1 aromatic heterocycles. The van der Waals surface area contributed by atoms with Gasteiger partial charge in [-0.1, -0.05) is 13.3 Å². The van der Waals surface area contributed by atoms with Crippen molar-refractivity contribution in [2.75, 3.05) is 25.0 Å². The molecule has 118 valence electrons. The van der Waals surface area contributed by atoms with E-state index in [0.29, 0.717) is 6.54 Å². The minimum Gasteiger partial charge on any atom is -0.377 e. The molecule has 2 rings (SSSR count). The summed E-state index contributed by atoms with van der Waals surface area (Å²) in [4.78, 5) is 14.2. The fraction of sp³-hybridized carbons (Fsp3) is 0.733. The molecule has 1 aliphatic heterocycles. The Kier molecular flexibility index (Phi) is 5.61. The van der Waals surface area contributed by atoms with Crippen LogP contribution in [0.4, 0.5) is 10.5 Å². The lowest BCUT2D eigenvalue weighted by Gasteiger charge is -2.22. The van der Waals surface area contributed by atoms with Gasteiger partial charge in [-0.25, -0.2) is 4.79 Å². The van der Waals surface area contributed by atoms with Crippen LogP contribution in [-0.2, 0) is 11.3 Å². The number of hydrogen-bond acceptors (Lipinski definition) is 3. The largest absolute Gasteiger partial charge is 0.377 e. The predicted octanol–water partition coefficient (Wildman–Crippen LogP) is 2.63. The Labute approximate surface area is 126 Å². The third-order valence-corrected chi connectivity index (χ3v) is 3.81. The fourth-order valence-corrected chi connectivity index (χ4v) is 2.48. The maximum atomic E-state index is 12.4. The molecule has 1 aromatic rings. The van der Waals surface area contributed by atoms with E-state index in [0.717, 1.165) is 50.3 Å². The first-order chi connectivity index (χ1) is 10.1. The van der Waals surface area contributed by atoms with Gasteiger partial charge in [-0.05, 0) is 26.7 Å². The summed E-state index contributed by atoms with van der Waals surface area (Å²) in [5.41, 5.74) is 1.81. The Morgan fingerprint density at radius 3 is 3.14 bits per heavy atom. The van der Waals surface area contributed by atoms with Gasteiger partial charge in [0.05, 0.1) is 23.7 Å². The zero-order valence-electron chi connectivity index (χ0n) is 13.3. The molecule has 0 saturated carbocycles. The van der Waals surface area contributed by atoms with E-state index in [1.807, 2.05) is 23.4 Å². The van der Waals surface area contributed by atoms with Crippen LogP contribution in [-0.4, -0.2) is 46.5 Å². The highest BCUT2D eigenvalue weighted by Crippen LogP contribution is 2.16. The Hall–Kier alpha value is -1.56. The van der Waals surface area contributed by atoms with Crippen molar-refractivity contribution in [3.05, 3.63) is 11.9 Å². The van der Waals surface area contributed by atoms with E-state index in [2.05, 4.69) is 17.3 Å². The highest BCUT2D eigenvalue weighted by molar-refractivity contribution is 5.89. The zero-order chi connectivity index (χ0) is 15.2. The lowest BCUT2D eigenvalue weighted by atomic mass is 10.3. The molecule has 1 saturated heterocycles. The van der Waals surface area contributed by atoms with E-state index in [-0.39, 0.29) is 12.1 Å². The van der Waals surface area contributed by atoms with E-state index < -0.39 is 0 Å². The number of carbonyl (C=O) groups is 1. The van der Waals surface area contributed by atoms with E-state index in [1.54, 1.807) is 6.20 Å². The zero-order valence-corrected chi connectivity index (χ0v) is 13.3. The van der Waals surface area contributed by atoms with Gasteiger partial charge >= 0.3 is 6.03 Å². The number of ether oxygens (including phenoxy) is 1. The first kappa shape index (κ1) is 15.8. The van der Waals surface area contributed by atoms with E-state index in [9.17, 15) is 4.79 Å². The summed E-state index contributed by atoms with van der Waals surface area (Å²) in [5, 5.41) is 7.32. The van der Waals surface area contributed by atoms with Crippen LogP contribution in [0.15, 0.2) is 6.20 Å². The van der Waals surface area contributed by atoms with Gasteiger partial charge in [0.25, 0.3) is 0 Å². The number of carbonyl (C=O) groups excluding carboxylic acids is 1. The Balaban J connectivity index is 1.97. The summed E-state index contributed by atoms with van der Waals surface area (Å²) in [7, 11) is 0. The second-order valence-electron chi connectivity index (χ2n) is 5.63. The van der Waals surface area contributed by atoms with E-state index in [4.69, 9.17) is 4.74 Å². The summed E-state index contributed by atoms with van der Waals surface area (Å²) in [6.45, 7) is 9.13. The molecule has 2 amide bonds. The van der Waals surface area contributed by atoms with Gasteiger partial charge in [-0.3, -0.25) is 4.68 Å². The lowest BCUT2D eigenvalue weighted by molar-refractivity contribution is 0.0718. The molecule has 0 aromatic carbocycles. The van der Waals surface area contributed by atoms with Crippen molar-refractivity contribution in [1.29, 1.82) is 0 Å². The number of anilines is 1. The molecule has 1 unspecified atom stereocenters. The molecule has 1 atom stereocenters. The van der Waals surface area contributed by atoms with Crippen LogP contribution in [0, 0.1) is 6.92 Å².